The van der Waals surface area contributed by atoms with E-state index in [1.54, 1.807) is 6.07 Å². The van der Waals surface area contributed by atoms with Crippen LogP contribution < -0.4 is 10.1 Å². The molecule has 0 fully saturated rings. The van der Waals surface area contributed by atoms with Crippen LogP contribution in [0.3, 0.4) is 0 Å². The lowest BCUT2D eigenvalue weighted by molar-refractivity contribution is 0.101. The number of fused-ring (bicyclic) bond motifs is 2. The first-order valence-electron chi connectivity index (χ1n) is 9.42. The molecule has 2 aromatic carbocycles. The van der Waals surface area contributed by atoms with Crippen molar-refractivity contribution < 1.29 is 14.1 Å². The van der Waals surface area contributed by atoms with Crippen molar-refractivity contribution in [3.8, 4) is 17.1 Å². The van der Waals surface area contributed by atoms with Crippen molar-refractivity contribution >= 4 is 32.6 Å². The van der Waals surface area contributed by atoms with Gasteiger partial charge in [-0.3, -0.25) is 10.1 Å². The molecule has 0 unspecified atom stereocenters. The molecular weight excluding hydrogens is 386 g/mol. The number of nitrogens with zero attached hydrogens (tertiary/aromatic N) is 2. The zero-order chi connectivity index (χ0) is 20.1. The molecule has 1 aliphatic rings. The smallest absolute Gasteiger partial charge is 0.279 e. The van der Waals surface area contributed by atoms with Crippen LogP contribution in [0.5, 0.6) is 5.75 Å². The first-order valence-corrected chi connectivity index (χ1v) is 10.2. The highest BCUT2D eigenvalue weighted by Crippen LogP contribution is 2.33. The number of thiazole rings is 1. The summed E-state index contributed by atoms with van der Waals surface area (Å²) in [7, 11) is 0. The molecule has 1 atom stereocenters. The lowest BCUT2D eigenvalue weighted by atomic mass is 10.1. The van der Waals surface area contributed by atoms with E-state index in [1.807, 2.05) is 39.0 Å². The number of carbonyl (C=O) groups excluding carboxylic acids is 1. The van der Waals surface area contributed by atoms with E-state index in [0.29, 0.717) is 10.9 Å². The Labute approximate surface area is 171 Å². The molecule has 0 spiro atoms. The number of amides is 1. The first-order chi connectivity index (χ1) is 14.0. The second-order valence-corrected chi connectivity index (χ2v) is 8.46. The molecule has 4 aromatic rings. The molecule has 5 rings (SSSR count). The van der Waals surface area contributed by atoms with Crippen molar-refractivity contribution in [2.75, 3.05) is 5.32 Å². The Balaban J connectivity index is 1.37. The van der Waals surface area contributed by atoms with E-state index in [0.717, 1.165) is 39.1 Å². The summed E-state index contributed by atoms with van der Waals surface area (Å²) in [5.41, 5.74) is 5.41. The second-order valence-electron chi connectivity index (χ2n) is 7.43. The Hall–Kier alpha value is -3.19. The van der Waals surface area contributed by atoms with E-state index in [1.165, 1.54) is 16.9 Å². The molecule has 3 heterocycles. The van der Waals surface area contributed by atoms with Crippen LogP contribution in [-0.4, -0.2) is 22.2 Å². The largest absolute Gasteiger partial charge is 0.490 e. The topological polar surface area (TPSA) is 77.2 Å². The number of anilines is 1. The van der Waals surface area contributed by atoms with E-state index in [-0.39, 0.29) is 17.7 Å². The zero-order valence-corrected chi connectivity index (χ0v) is 17.1. The molecule has 0 saturated heterocycles. The maximum absolute atomic E-state index is 12.6. The Morgan fingerprint density at radius 1 is 1.21 bits per heavy atom. The van der Waals surface area contributed by atoms with Crippen LogP contribution in [0.4, 0.5) is 5.13 Å². The highest BCUT2D eigenvalue weighted by Gasteiger charge is 2.21. The van der Waals surface area contributed by atoms with Gasteiger partial charge in [-0.15, -0.1) is 0 Å². The first kappa shape index (κ1) is 17.9. The molecule has 29 heavy (non-hydrogen) atoms. The van der Waals surface area contributed by atoms with Crippen molar-refractivity contribution in [2.24, 2.45) is 0 Å². The normalized spacial score (nSPS) is 15.3. The molecule has 0 radical (unpaired) electrons. The molecule has 1 N–H and O–H groups in total. The molecule has 1 aliphatic heterocycles. The van der Waals surface area contributed by atoms with Gasteiger partial charge < -0.3 is 9.26 Å². The highest BCUT2D eigenvalue weighted by molar-refractivity contribution is 7.22. The maximum Gasteiger partial charge on any atom is 0.279 e. The van der Waals surface area contributed by atoms with E-state index in [4.69, 9.17) is 9.26 Å². The van der Waals surface area contributed by atoms with E-state index >= 15 is 0 Å². The van der Waals surface area contributed by atoms with Crippen molar-refractivity contribution in [3.63, 3.8) is 0 Å². The number of rotatable bonds is 3. The number of hydrogen-bond acceptors (Lipinski definition) is 6. The van der Waals surface area contributed by atoms with Gasteiger partial charge in [0.05, 0.1) is 10.2 Å². The highest BCUT2D eigenvalue weighted by atomic mass is 32.1. The van der Waals surface area contributed by atoms with Crippen molar-refractivity contribution in [1.29, 1.82) is 0 Å². The van der Waals surface area contributed by atoms with Gasteiger partial charge >= 0.3 is 0 Å². The molecule has 0 aliphatic carbocycles. The standard InChI is InChI=1S/C22H19N3O3S/c1-11-6-12(2)20-19(7-11)29-22(23-20)24-21(26)16-10-18(28-25-16)14-4-5-17-15(9-14)8-13(3)27-17/h4-7,9-10,13H,8H2,1-3H3,(H,23,24,26)/t13-/m1/s1. The average molecular weight is 405 g/mol. The summed E-state index contributed by atoms with van der Waals surface area (Å²) in [6.07, 6.45) is 1.04. The third-order valence-corrected chi connectivity index (χ3v) is 5.89. The molecule has 1 amide bonds. The number of ether oxygens (including phenoxy) is 1. The molecule has 6 nitrogen and oxygen atoms in total. The average Bonchev–Trinajstić information content (AvgIpc) is 3.37. The monoisotopic (exact) mass is 405 g/mol. The summed E-state index contributed by atoms with van der Waals surface area (Å²) in [4.78, 5) is 17.2. The molecular formula is C22H19N3O3S. The number of benzene rings is 2. The Morgan fingerprint density at radius 2 is 2.07 bits per heavy atom. The van der Waals surface area contributed by atoms with Gasteiger partial charge in [-0.05, 0) is 61.7 Å². The fourth-order valence-corrected chi connectivity index (χ4v) is 4.72. The van der Waals surface area contributed by atoms with E-state index < -0.39 is 0 Å². The van der Waals surface area contributed by atoms with Crippen LogP contribution in [0.15, 0.2) is 40.9 Å². The molecule has 7 heteroatoms. The zero-order valence-electron chi connectivity index (χ0n) is 16.3. The summed E-state index contributed by atoms with van der Waals surface area (Å²) in [6, 6.07) is 11.7. The fourth-order valence-electron chi connectivity index (χ4n) is 3.68. The number of aromatic nitrogens is 2. The number of nitrogens with one attached hydrogen (secondary N) is 1. The van der Waals surface area contributed by atoms with Gasteiger partial charge in [-0.2, -0.15) is 0 Å². The van der Waals surface area contributed by atoms with Gasteiger partial charge in [0.25, 0.3) is 5.91 Å². The molecule has 2 aromatic heterocycles. The van der Waals surface area contributed by atoms with Crippen LogP contribution in [0.25, 0.3) is 21.5 Å². The fraction of sp³-hybridized carbons (Fsp3) is 0.227. The van der Waals surface area contributed by atoms with E-state index in [2.05, 4.69) is 27.6 Å². The number of aryl methyl sites for hydroxylation is 2. The predicted octanol–water partition coefficient (Wildman–Crippen LogP) is 5.14. The lowest BCUT2D eigenvalue weighted by Gasteiger charge is -2.02. The van der Waals surface area contributed by atoms with Crippen molar-refractivity contribution in [2.45, 2.75) is 33.3 Å². The molecule has 0 saturated carbocycles. The molecule has 146 valence electrons. The Kier molecular flexibility index (Phi) is 4.13. The van der Waals surface area contributed by atoms with Crippen LogP contribution >= 0.6 is 11.3 Å². The van der Waals surface area contributed by atoms with Gasteiger partial charge in [0.1, 0.15) is 11.9 Å². The van der Waals surface area contributed by atoms with Gasteiger partial charge in [0, 0.05) is 18.1 Å². The predicted molar refractivity (Wildman–Crippen MR) is 113 cm³/mol. The van der Waals surface area contributed by atoms with Gasteiger partial charge in [0.15, 0.2) is 16.6 Å². The molecule has 0 bridgehead atoms. The van der Waals surface area contributed by atoms with Gasteiger partial charge in [-0.25, -0.2) is 4.98 Å². The van der Waals surface area contributed by atoms with Crippen LogP contribution in [-0.2, 0) is 6.42 Å². The lowest BCUT2D eigenvalue weighted by Crippen LogP contribution is -2.11. The third-order valence-electron chi connectivity index (χ3n) is 4.97. The Morgan fingerprint density at radius 3 is 2.93 bits per heavy atom. The van der Waals surface area contributed by atoms with Crippen molar-refractivity contribution in [3.05, 3.63) is 58.8 Å². The quantitative estimate of drug-likeness (QED) is 0.510. The number of hydrogen-bond donors (Lipinski definition) is 1. The van der Waals surface area contributed by atoms with Gasteiger partial charge in [0.2, 0.25) is 0 Å². The van der Waals surface area contributed by atoms with Gasteiger partial charge in [-0.1, -0.05) is 22.6 Å². The Bertz CT molecular complexity index is 1260. The minimum absolute atomic E-state index is 0.178. The third kappa shape index (κ3) is 3.27. The summed E-state index contributed by atoms with van der Waals surface area (Å²) in [6.45, 7) is 6.11. The number of carbonyl (C=O) groups is 1. The van der Waals surface area contributed by atoms with Crippen LogP contribution in [0.1, 0.15) is 34.1 Å². The summed E-state index contributed by atoms with van der Waals surface area (Å²) < 4.78 is 12.2. The minimum Gasteiger partial charge on any atom is -0.490 e. The summed E-state index contributed by atoms with van der Waals surface area (Å²) in [5, 5.41) is 7.32. The van der Waals surface area contributed by atoms with Crippen molar-refractivity contribution in [1.82, 2.24) is 10.1 Å². The van der Waals surface area contributed by atoms with Crippen LogP contribution in [0.2, 0.25) is 0 Å². The van der Waals surface area contributed by atoms with Crippen LogP contribution in [0, 0.1) is 13.8 Å². The minimum atomic E-state index is -0.341. The summed E-state index contributed by atoms with van der Waals surface area (Å²) in [5.74, 6) is 1.11. The maximum atomic E-state index is 12.6. The van der Waals surface area contributed by atoms with E-state index in [9.17, 15) is 4.79 Å². The second kappa shape index (κ2) is 6.70. The SMILES string of the molecule is Cc1cc(C)c2nc(NC(=O)c3cc(-c4ccc5c(c4)C[C@@H](C)O5)on3)sc2c1. The summed E-state index contributed by atoms with van der Waals surface area (Å²) >= 11 is 1.45.